The quantitative estimate of drug-likeness (QED) is 0.929. The van der Waals surface area contributed by atoms with Gasteiger partial charge in [0.1, 0.15) is 0 Å². The Hall–Kier alpha value is -0.900. The van der Waals surface area contributed by atoms with Crippen LogP contribution in [0.1, 0.15) is 18.2 Å². The molecule has 0 spiro atoms. The zero-order valence-corrected chi connectivity index (χ0v) is 12.4. The fourth-order valence-corrected chi connectivity index (χ4v) is 2.82. The Morgan fingerprint density at radius 2 is 2.11 bits per heavy atom. The van der Waals surface area contributed by atoms with Crippen LogP contribution in [-0.4, -0.2) is 4.98 Å². The van der Waals surface area contributed by atoms with E-state index >= 15 is 0 Å². The van der Waals surface area contributed by atoms with Gasteiger partial charge >= 0.3 is 0 Å². The molecule has 1 heterocycles. The van der Waals surface area contributed by atoms with Gasteiger partial charge in [-0.05, 0) is 36.8 Å². The van der Waals surface area contributed by atoms with Crippen molar-refractivity contribution >= 4 is 27.5 Å². The Morgan fingerprint density at radius 1 is 1.33 bits per heavy atom. The van der Waals surface area contributed by atoms with E-state index in [1.165, 1.54) is 0 Å². The molecule has 1 atom stereocenters. The summed E-state index contributed by atoms with van der Waals surface area (Å²) in [7, 11) is 0. The van der Waals surface area contributed by atoms with Gasteiger partial charge in [0.2, 0.25) is 0 Å². The first-order valence-corrected chi connectivity index (χ1v) is 6.80. The second-order valence-electron chi connectivity index (χ2n) is 4.54. The number of halogens is 2. The van der Waals surface area contributed by atoms with Gasteiger partial charge < -0.3 is 5.73 Å². The van der Waals surface area contributed by atoms with E-state index in [1.54, 1.807) is 6.20 Å². The lowest BCUT2D eigenvalue weighted by molar-refractivity contribution is 0.485. The first-order valence-electron chi connectivity index (χ1n) is 5.63. The smallest absolute Gasteiger partial charge is 0.0467 e. The number of hydrogen-bond donors (Lipinski definition) is 1. The predicted octanol–water partition coefficient (Wildman–Crippen LogP) is 3.91. The van der Waals surface area contributed by atoms with Crippen LogP contribution in [0, 0.1) is 0 Å². The number of nitrogens with two attached hydrogens (primary N) is 1. The molecule has 0 amide bonds. The maximum absolute atomic E-state index is 6.38. The topological polar surface area (TPSA) is 38.9 Å². The van der Waals surface area contributed by atoms with Gasteiger partial charge in [-0.15, -0.1) is 0 Å². The van der Waals surface area contributed by atoms with Crippen molar-refractivity contribution in [3.05, 3.63) is 63.3 Å². The molecular weight excluding hydrogens is 312 g/mol. The van der Waals surface area contributed by atoms with Gasteiger partial charge in [-0.3, -0.25) is 4.98 Å². The van der Waals surface area contributed by atoms with E-state index in [1.807, 2.05) is 43.3 Å². The van der Waals surface area contributed by atoms with Gasteiger partial charge in [-0.25, -0.2) is 0 Å². The van der Waals surface area contributed by atoms with Crippen LogP contribution < -0.4 is 5.73 Å². The van der Waals surface area contributed by atoms with E-state index in [2.05, 4.69) is 20.9 Å². The summed E-state index contributed by atoms with van der Waals surface area (Å²) >= 11 is 9.64. The molecule has 94 valence electrons. The fraction of sp³-hybridized carbons (Fsp3) is 0.214. The van der Waals surface area contributed by atoms with Gasteiger partial charge in [0.05, 0.1) is 0 Å². The molecule has 2 aromatic rings. The van der Waals surface area contributed by atoms with E-state index in [0.29, 0.717) is 11.4 Å². The zero-order valence-electron chi connectivity index (χ0n) is 10.0. The molecule has 2 rings (SSSR count). The Balaban J connectivity index is 2.30. The number of nitrogens with zero attached hydrogens (tertiary/aromatic N) is 1. The molecule has 0 saturated heterocycles. The Kier molecular flexibility index (Phi) is 4.05. The highest BCUT2D eigenvalue weighted by Gasteiger charge is 2.24. The molecule has 2 N–H and O–H groups in total. The molecule has 0 aliphatic rings. The SMILES string of the molecule is CC(N)(Cc1ccccn1)c1ccc(Br)cc1Cl. The largest absolute Gasteiger partial charge is 0.321 e. The van der Waals surface area contributed by atoms with Crippen molar-refractivity contribution in [2.24, 2.45) is 5.73 Å². The highest BCUT2D eigenvalue weighted by atomic mass is 79.9. The van der Waals surface area contributed by atoms with Crippen LogP contribution in [0.4, 0.5) is 0 Å². The Morgan fingerprint density at radius 3 is 2.72 bits per heavy atom. The summed E-state index contributed by atoms with van der Waals surface area (Å²) in [5, 5.41) is 0.672. The molecule has 0 radical (unpaired) electrons. The molecule has 0 aliphatic carbocycles. The first kappa shape index (κ1) is 13.5. The van der Waals surface area contributed by atoms with Gasteiger partial charge in [0.25, 0.3) is 0 Å². The second kappa shape index (κ2) is 5.39. The maximum Gasteiger partial charge on any atom is 0.0467 e. The minimum absolute atomic E-state index is 0.536. The number of aromatic nitrogens is 1. The third-order valence-corrected chi connectivity index (χ3v) is 3.63. The number of benzene rings is 1. The zero-order chi connectivity index (χ0) is 13.2. The molecule has 18 heavy (non-hydrogen) atoms. The van der Waals surface area contributed by atoms with Crippen LogP contribution in [-0.2, 0) is 12.0 Å². The van der Waals surface area contributed by atoms with Crippen LogP contribution in [0.15, 0.2) is 47.1 Å². The van der Waals surface area contributed by atoms with Gasteiger partial charge in [-0.2, -0.15) is 0 Å². The summed E-state index contributed by atoms with van der Waals surface area (Å²) < 4.78 is 0.949. The molecule has 1 unspecified atom stereocenters. The van der Waals surface area contributed by atoms with Crippen molar-refractivity contribution in [3.8, 4) is 0 Å². The van der Waals surface area contributed by atoms with E-state index in [-0.39, 0.29) is 0 Å². The van der Waals surface area contributed by atoms with Crippen molar-refractivity contribution in [2.45, 2.75) is 18.9 Å². The van der Waals surface area contributed by atoms with Crippen molar-refractivity contribution in [3.63, 3.8) is 0 Å². The van der Waals surface area contributed by atoms with Crippen molar-refractivity contribution in [1.29, 1.82) is 0 Å². The molecule has 1 aromatic carbocycles. The average molecular weight is 326 g/mol. The summed E-state index contributed by atoms with van der Waals surface area (Å²) in [6, 6.07) is 11.6. The second-order valence-corrected chi connectivity index (χ2v) is 5.86. The molecule has 2 nitrogen and oxygen atoms in total. The van der Waals surface area contributed by atoms with E-state index < -0.39 is 5.54 Å². The number of hydrogen-bond acceptors (Lipinski definition) is 2. The van der Waals surface area contributed by atoms with Crippen LogP contribution >= 0.6 is 27.5 Å². The van der Waals surface area contributed by atoms with Crippen molar-refractivity contribution < 1.29 is 0 Å². The lowest BCUT2D eigenvalue weighted by Gasteiger charge is -2.26. The minimum atomic E-state index is -0.536. The first-order chi connectivity index (χ1) is 8.49. The summed E-state index contributed by atoms with van der Waals surface area (Å²) in [5.74, 6) is 0. The molecule has 1 aromatic heterocycles. The van der Waals surface area contributed by atoms with Crippen LogP contribution in [0.5, 0.6) is 0 Å². The molecule has 0 bridgehead atoms. The van der Waals surface area contributed by atoms with Gasteiger partial charge in [-0.1, -0.05) is 39.7 Å². The highest BCUT2D eigenvalue weighted by molar-refractivity contribution is 9.10. The summed E-state index contributed by atoms with van der Waals surface area (Å²) in [6.45, 7) is 1.97. The average Bonchev–Trinajstić information content (AvgIpc) is 2.29. The normalized spacial score (nSPS) is 14.2. The van der Waals surface area contributed by atoms with Gasteiger partial charge in [0.15, 0.2) is 0 Å². The maximum atomic E-state index is 6.38. The summed E-state index contributed by atoms with van der Waals surface area (Å²) in [6.07, 6.45) is 2.42. The van der Waals surface area contributed by atoms with Crippen molar-refractivity contribution in [2.75, 3.05) is 0 Å². The van der Waals surface area contributed by atoms with Crippen LogP contribution in [0.2, 0.25) is 5.02 Å². The number of rotatable bonds is 3. The monoisotopic (exact) mass is 324 g/mol. The van der Waals surface area contributed by atoms with E-state index in [4.69, 9.17) is 17.3 Å². The summed E-state index contributed by atoms with van der Waals surface area (Å²) in [5.41, 5.74) is 7.73. The molecular formula is C14H14BrClN2. The lowest BCUT2D eigenvalue weighted by atomic mass is 9.88. The van der Waals surface area contributed by atoms with Crippen molar-refractivity contribution in [1.82, 2.24) is 4.98 Å². The standard InChI is InChI=1S/C14H14BrClN2/c1-14(17,9-11-4-2-3-7-18-11)12-6-5-10(15)8-13(12)16/h2-8H,9,17H2,1H3. The Labute approximate surface area is 120 Å². The third-order valence-electron chi connectivity index (χ3n) is 2.82. The van der Waals surface area contributed by atoms with Crippen LogP contribution in [0.3, 0.4) is 0 Å². The third kappa shape index (κ3) is 3.10. The predicted molar refractivity (Wildman–Crippen MR) is 78.6 cm³/mol. The lowest BCUT2D eigenvalue weighted by Crippen LogP contribution is -2.36. The summed E-state index contributed by atoms with van der Waals surface area (Å²) in [4.78, 5) is 4.30. The minimum Gasteiger partial charge on any atom is -0.321 e. The van der Waals surface area contributed by atoms with E-state index in [9.17, 15) is 0 Å². The highest BCUT2D eigenvalue weighted by Crippen LogP contribution is 2.30. The molecule has 4 heteroatoms. The molecule has 0 saturated carbocycles. The molecule has 0 aliphatic heterocycles. The van der Waals surface area contributed by atoms with E-state index in [0.717, 1.165) is 15.7 Å². The van der Waals surface area contributed by atoms with Crippen LogP contribution in [0.25, 0.3) is 0 Å². The van der Waals surface area contributed by atoms with Gasteiger partial charge in [0, 0.05) is 33.3 Å². The number of pyridine rings is 1. The molecule has 0 fully saturated rings. The fourth-order valence-electron chi connectivity index (χ4n) is 1.93. The Bertz CT molecular complexity index is 541.